The first-order valence-electron chi connectivity index (χ1n) is 5.24. The van der Waals surface area contributed by atoms with Gasteiger partial charge in [-0.25, -0.2) is 0 Å². The highest BCUT2D eigenvalue weighted by atomic mass is 32.2. The Kier molecular flexibility index (Phi) is 3.57. The van der Waals surface area contributed by atoms with Crippen molar-refractivity contribution >= 4 is 10.8 Å². The highest BCUT2D eigenvalue weighted by Crippen LogP contribution is 2.14. The van der Waals surface area contributed by atoms with Crippen molar-refractivity contribution in [3.8, 4) is 0 Å². The fourth-order valence-corrected chi connectivity index (χ4v) is 2.79. The van der Waals surface area contributed by atoms with Gasteiger partial charge in [0, 0.05) is 5.75 Å². The van der Waals surface area contributed by atoms with E-state index in [9.17, 15) is 4.21 Å². The van der Waals surface area contributed by atoms with Crippen LogP contribution in [0.15, 0.2) is 52.0 Å². The molecule has 0 saturated heterocycles. The Labute approximate surface area is 97.8 Å². The van der Waals surface area contributed by atoms with Crippen molar-refractivity contribution in [2.45, 2.75) is 18.2 Å². The number of hydrogen-bond acceptors (Lipinski definition) is 2. The Morgan fingerprint density at radius 3 is 2.56 bits per heavy atom. The molecule has 84 valence electrons. The molecule has 1 atom stereocenters. The maximum absolute atomic E-state index is 12.0. The van der Waals surface area contributed by atoms with E-state index >= 15 is 0 Å². The molecule has 1 unspecified atom stereocenters. The SMILES string of the molecule is Cc1occc1S(=O)CCc1ccccc1. The minimum atomic E-state index is -0.958. The van der Waals surface area contributed by atoms with Crippen LogP contribution in [0.2, 0.25) is 0 Å². The van der Waals surface area contributed by atoms with Gasteiger partial charge in [0.15, 0.2) is 0 Å². The van der Waals surface area contributed by atoms with Gasteiger partial charge in [0.05, 0.1) is 22.0 Å². The minimum absolute atomic E-state index is 0.643. The molecule has 2 rings (SSSR count). The highest BCUT2D eigenvalue weighted by Gasteiger charge is 2.09. The maximum Gasteiger partial charge on any atom is 0.116 e. The Morgan fingerprint density at radius 1 is 1.19 bits per heavy atom. The summed E-state index contributed by atoms with van der Waals surface area (Å²) < 4.78 is 17.1. The molecule has 2 nitrogen and oxygen atoms in total. The first kappa shape index (κ1) is 11.1. The molecule has 0 aliphatic rings. The van der Waals surface area contributed by atoms with E-state index in [0.29, 0.717) is 5.75 Å². The topological polar surface area (TPSA) is 30.2 Å². The van der Waals surface area contributed by atoms with E-state index in [0.717, 1.165) is 17.1 Å². The van der Waals surface area contributed by atoms with Crippen LogP contribution in [0.4, 0.5) is 0 Å². The fourth-order valence-electron chi connectivity index (χ4n) is 1.57. The molecule has 1 aromatic heterocycles. The number of rotatable bonds is 4. The van der Waals surface area contributed by atoms with Gasteiger partial charge in [-0.15, -0.1) is 0 Å². The van der Waals surface area contributed by atoms with Gasteiger partial charge >= 0.3 is 0 Å². The summed E-state index contributed by atoms with van der Waals surface area (Å²) in [5.41, 5.74) is 1.22. The zero-order chi connectivity index (χ0) is 11.4. The van der Waals surface area contributed by atoms with E-state index in [-0.39, 0.29) is 0 Å². The Hall–Kier alpha value is -1.35. The fraction of sp³-hybridized carbons (Fsp3) is 0.231. The van der Waals surface area contributed by atoms with Crippen molar-refractivity contribution in [1.82, 2.24) is 0 Å². The quantitative estimate of drug-likeness (QED) is 0.814. The van der Waals surface area contributed by atoms with Gasteiger partial charge in [-0.2, -0.15) is 0 Å². The normalized spacial score (nSPS) is 12.6. The first-order valence-corrected chi connectivity index (χ1v) is 6.55. The van der Waals surface area contributed by atoms with E-state index in [1.165, 1.54) is 5.56 Å². The second kappa shape index (κ2) is 5.12. The van der Waals surface area contributed by atoms with E-state index < -0.39 is 10.8 Å². The standard InChI is InChI=1S/C13H14O2S/c1-11-13(7-9-15-11)16(14)10-8-12-5-3-2-4-6-12/h2-7,9H,8,10H2,1H3. The van der Waals surface area contributed by atoms with E-state index in [4.69, 9.17) is 4.42 Å². The lowest BCUT2D eigenvalue weighted by molar-refractivity contribution is 0.526. The molecule has 0 fully saturated rings. The maximum atomic E-state index is 12.0. The summed E-state index contributed by atoms with van der Waals surface area (Å²) in [6, 6.07) is 11.9. The van der Waals surface area contributed by atoms with Crippen LogP contribution in [0.1, 0.15) is 11.3 Å². The molecule has 0 radical (unpaired) electrons. The van der Waals surface area contributed by atoms with Gasteiger partial charge in [0.2, 0.25) is 0 Å². The molecule has 2 aromatic rings. The molecule has 16 heavy (non-hydrogen) atoms. The van der Waals surface area contributed by atoms with Crippen molar-refractivity contribution in [2.24, 2.45) is 0 Å². The van der Waals surface area contributed by atoms with Crippen LogP contribution >= 0.6 is 0 Å². The van der Waals surface area contributed by atoms with Crippen LogP contribution in [0.5, 0.6) is 0 Å². The van der Waals surface area contributed by atoms with Crippen LogP contribution < -0.4 is 0 Å². The third-order valence-electron chi connectivity index (χ3n) is 2.48. The Balaban J connectivity index is 1.97. The second-order valence-corrected chi connectivity index (χ2v) is 5.17. The number of hydrogen-bond donors (Lipinski definition) is 0. The lowest BCUT2D eigenvalue weighted by Gasteiger charge is -2.01. The molecule has 0 saturated carbocycles. The molecule has 0 N–H and O–H groups in total. The van der Waals surface area contributed by atoms with Gasteiger partial charge in [-0.05, 0) is 25.0 Å². The van der Waals surface area contributed by atoms with E-state index in [2.05, 4.69) is 12.1 Å². The van der Waals surface area contributed by atoms with Crippen molar-refractivity contribution in [2.75, 3.05) is 5.75 Å². The molecule has 0 bridgehead atoms. The molecule has 0 spiro atoms. The van der Waals surface area contributed by atoms with Crippen LogP contribution in [-0.2, 0) is 17.2 Å². The van der Waals surface area contributed by atoms with Crippen LogP contribution in [-0.4, -0.2) is 9.96 Å². The zero-order valence-corrected chi connectivity index (χ0v) is 10.00. The van der Waals surface area contributed by atoms with Gasteiger partial charge in [-0.1, -0.05) is 30.3 Å². The second-order valence-electron chi connectivity index (χ2n) is 3.63. The van der Waals surface area contributed by atoms with Crippen LogP contribution in [0, 0.1) is 6.92 Å². The van der Waals surface area contributed by atoms with Crippen molar-refractivity contribution in [1.29, 1.82) is 0 Å². The molecular weight excluding hydrogens is 220 g/mol. The van der Waals surface area contributed by atoms with Crippen molar-refractivity contribution in [3.63, 3.8) is 0 Å². The largest absolute Gasteiger partial charge is 0.468 e. The zero-order valence-electron chi connectivity index (χ0n) is 9.18. The average Bonchev–Trinajstić information content (AvgIpc) is 2.74. The van der Waals surface area contributed by atoms with Crippen LogP contribution in [0.3, 0.4) is 0 Å². The lowest BCUT2D eigenvalue weighted by atomic mass is 10.2. The summed E-state index contributed by atoms with van der Waals surface area (Å²) in [5.74, 6) is 1.40. The monoisotopic (exact) mass is 234 g/mol. The third-order valence-corrected chi connectivity index (χ3v) is 3.96. The van der Waals surface area contributed by atoms with Crippen molar-refractivity contribution in [3.05, 3.63) is 54.0 Å². The molecule has 3 heteroatoms. The summed E-state index contributed by atoms with van der Waals surface area (Å²) in [5, 5.41) is 0. The summed E-state index contributed by atoms with van der Waals surface area (Å²) in [4.78, 5) is 0.816. The van der Waals surface area contributed by atoms with Crippen LogP contribution in [0.25, 0.3) is 0 Å². The number of furan rings is 1. The Morgan fingerprint density at radius 2 is 1.94 bits per heavy atom. The number of benzene rings is 1. The van der Waals surface area contributed by atoms with Gasteiger partial charge in [-0.3, -0.25) is 4.21 Å². The summed E-state index contributed by atoms with van der Waals surface area (Å²) >= 11 is 0. The summed E-state index contributed by atoms with van der Waals surface area (Å²) in [6.07, 6.45) is 2.42. The Bertz CT molecular complexity index is 474. The van der Waals surface area contributed by atoms with Crippen molar-refractivity contribution < 1.29 is 8.63 Å². The van der Waals surface area contributed by atoms with Gasteiger partial charge < -0.3 is 4.42 Å². The van der Waals surface area contributed by atoms with E-state index in [1.807, 2.05) is 25.1 Å². The molecule has 0 amide bonds. The summed E-state index contributed by atoms with van der Waals surface area (Å²) in [7, 11) is -0.958. The molecule has 0 aliphatic heterocycles. The third kappa shape index (κ3) is 2.61. The predicted molar refractivity (Wildman–Crippen MR) is 64.9 cm³/mol. The average molecular weight is 234 g/mol. The minimum Gasteiger partial charge on any atom is -0.468 e. The molecular formula is C13H14O2S. The summed E-state index contributed by atoms with van der Waals surface area (Å²) in [6.45, 7) is 1.84. The first-order chi connectivity index (χ1) is 7.77. The highest BCUT2D eigenvalue weighted by molar-refractivity contribution is 7.85. The molecule has 1 heterocycles. The molecule has 0 aliphatic carbocycles. The predicted octanol–water partition coefficient (Wildman–Crippen LogP) is 2.94. The molecule has 1 aromatic carbocycles. The van der Waals surface area contributed by atoms with Gasteiger partial charge in [0.25, 0.3) is 0 Å². The smallest absolute Gasteiger partial charge is 0.116 e. The lowest BCUT2D eigenvalue weighted by Crippen LogP contribution is -2.01. The number of aryl methyl sites for hydroxylation is 2. The van der Waals surface area contributed by atoms with E-state index in [1.54, 1.807) is 12.3 Å². The van der Waals surface area contributed by atoms with Gasteiger partial charge in [0.1, 0.15) is 5.76 Å².